The molecule has 1 N–H and O–H groups in total. The maximum absolute atomic E-state index is 12.5. The molecule has 0 radical (unpaired) electrons. The van der Waals surface area contributed by atoms with Gasteiger partial charge in [-0.15, -0.1) is 0 Å². The molecule has 3 aliphatic rings. The number of carbonyl (C=O) groups excluding carboxylic acids is 2. The van der Waals surface area contributed by atoms with Gasteiger partial charge in [-0.05, 0) is 25.7 Å². The number of carbonyl (C=O) groups is 2. The summed E-state index contributed by atoms with van der Waals surface area (Å²) < 4.78 is 0. The molecular weight excluding hydrogens is 252 g/mol. The van der Waals surface area contributed by atoms with Gasteiger partial charge < -0.3 is 5.32 Å². The molecule has 4 nitrogen and oxygen atoms in total. The van der Waals surface area contributed by atoms with Crippen molar-refractivity contribution in [3.63, 3.8) is 0 Å². The maximum Gasteiger partial charge on any atom is 0.247 e. The van der Waals surface area contributed by atoms with E-state index in [1.165, 1.54) is 25.7 Å². The van der Waals surface area contributed by atoms with Crippen molar-refractivity contribution in [3.05, 3.63) is 0 Å². The number of nitrogens with zero attached hydrogens (tertiary/aromatic N) is 1. The molecule has 1 aliphatic heterocycles. The molecule has 4 heteroatoms. The highest BCUT2D eigenvalue weighted by molar-refractivity contribution is 6.05. The van der Waals surface area contributed by atoms with E-state index in [0.29, 0.717) is 12.5 Å². The van der Waals surface area contributed by atoms with Crippen LogP contribution in [0, 0.1) is 0 Å². The maximum atomic E-state index is 12.5. The lowest BCUT2D eigenvalue weighted by molar-refractivity contribution is -0.142. The Bertz CT molecular complexity index is 371. The number of hydrogen-bond donors (Lipinski definition) is 1. The molecule has 2 amide bonds. The van der Waals surface area contributed by atoms with Crippen molar-refractivity contribution < 1.29 is 9.59 Å². The third-order valence-electron chi connectivity index (χ3n) is 5.16. The Morgan fingerprint density at radius 1 is 0.850 bits per heavy atom. The first kappa shape index (κ1) is 14.1. The number of likely N-dealkylation sites (tertiary alicyclic amines) is 1. The Labute approximate surface area is 121 Å². The van der Waals surface area contributed by atoms with Gasteiger partial charge in [0.1, 0.15) is 0 Å². The zero-order valence-corrected chi connectivity index (χ0v) is 12.3. The molecule has 0 aromatic heterocycles. The third kappa shape index (κ3) is 2.90. The SMILES string of the molecule is O=C1C[C@@H](NC2CCCCC2)C(=O)N1C1CCCCC1. The zero-order valence-electron chi connectivity index (χ0n) is 12.3. The molecule has 2 aliphatic carbocycles. The summed E-state index contributed by atoms with van der Waals surface area (Å²) >= 11 is 0. The van der Waals surface area contributed by atoms with Crippen molar-refractivity contribution in [2.75, 3.05) is 0 Å². The van der Waals surface area contributed by atoms with Crippen molar-refractivity contribution in [1.82, 2.24) is 10.2 Å². The first-order valence-corrected chi connectivity index (χ1v) is 8.37. The standard InChI is InChI=1S/C16H26N2O2/c19-15-11-14(17-12-7-3-1-4-8-12)16(20)18(15)13-9-5-2-6-10-13/h12-14,17H,1-11H2/t14-/m1/s1. The van der Waals surface area contributed by atoms with Gasteiger partial charge in [-0.3, -0.25) is 14.5 Å². The topological polar surface area (TPSA) is 49.4 Å². The smallest absolute Gasteiger partial charge is 0.247 e. The molecule has 2 saturated carbocycles. The number of imide groups is 1. The van der Waals surface area contributed by atoms with E-state index in [2.05, 4.69) is 5.32 Å². The molecule has 0 aromatic rings. The summed E-state index contributed by atoms with van der Waals surface area (Å²) in [7, 11) is 0. The lowest BCUT2D eigenvalue weighted by Gasteiger charge is -2.30. The number of amides is 2. The van der Waals surface area contributed by atoms with Crippen molar-refractivity contribution in [2.24, 2.45) is 0 Å². The van der Waals surface area contributed by atoms with Crippen LogP contribution in [-0.2, 0) is 9.59 Å². The predicted octanol–water partition coefficient (Wildman–Crippen LogP) is 2.37. The van der Waals surface area contributed by atoms with Gasteiger partial charge >= 0.3 is 0 Å². The van der Waals surface area contributed by atoms with Crippen LogP contribution in [-0.4, -0.2) is 34.8 Å². The predicted molar refractivity (Wildman–Crippen MR) is 77.1 cm³/mol. The van der Waals surface area contributed by atoms with Crippen LogP contribution in [0.2, 0.25) is 0 Å². The molecule has 0 spiro atoms. The van der Waals surface area contributed by atoms with Gasteiger partial charge in [-0.2, -0.15) is 0 Å². The van der Waals surface area contributed by atoms with Crippen LogP contribution in [0.15, 0.2) is 0 Å². The molecule has 1 saturated heterocycles. The summed E-state index contributed by atoms with van der Waals surface area (Å²) in [6.07, 6.45) is 12.1. The molecule has 0 aromatic carbocycles. The largest absolute Gasteiger partial charge is 0.303 e. The molecule has 20 heavy (non-hydrogen) atoms. The number of nitrogens with one attached hydrogen (secondary N) is 1. The van der Waals surface area contributed by atoms with Crippen LogP contribution < -0.4 is 5.32 Å². The lowest BCUT2D eigenvalue weighted by atomic mass is 9.94. The monoisotopic (exact) mass is 278 g/mol. The van der Waals surface area contributed by atoms with Crippen LogP contribution in [0.4, 0.5) is 0 Å². The van der Waals surface area contributed by atoms with Gasteiger partial charge in [0.25, 0.3) is 0 Å². The highest BCUT2D eigenvalue weighted by Gasteiger charge is 2.43. The average Bonchev–Trinajstić information content (AvgIpc) is 2.75. The van der Waals surface area contributed by atoms with Crippen molar-refractivity contribution in [2.45, 2.75) is 88.8 Å². The molecule has 3 rings (SSSR count). The molecule has 3 fully saturated rings. The van der Waals surface area contributed by atoms with Gasteiger partial charge in [0.05, 0.1) is 12.5 Å². The fraction of sp³-hybridized carbons (Fsp3) is 0.875. The van der Waals surface area contributed by atoms with E-state index in [9.17, 15) is 9.59 Å². The average molecular weight is 278 g/mol. The second-order valence-corrected chi connectivity index (χ2v) is 6.65. The minimum absolute atomic E-state index is 0.0486. The van der Waals surface area contributed by atoms with Gasteiger partial charge in [-0.1, -0.05) is 38.5 Å². The zero-order chi connectivity index (χ0) is 13.9. The molecule has 112 valence electrons. The van der Waals surface area contributed by atoms with Crippen LogP contribution in [0.25, 0.3) is 0 Å². The molecule has 1 atom stereocenters. The summed E-state index contributed by atoms with van der Waals surface area (Å²) in [4.78, 5) is 26.3. The Kier molecular flexibility index (Phi) is 4.39. The van der Waals surface area contributed by atoms with Crippen LogP contribution in [0.5, 0.6) is 0 Å². The minimum Gasteiger partial charge on any atom is -0.303 e. The highest BCUT2D eigenvalue weighted by atomic mass is 16.2. The van der Waals surface area contributed by atoms with Crippen molar-refractivity contribution in [1.29, 1.82) is 0 Å². The summed E-state index contributed by atoms with van der Waals surface area (Å²) in [6.45, 7) is 0. The van der Waals surface area contributed by atoms with E-state index in [4.69, 9.17) is 0 Å². The van der Waals surface area contributed by atoms with Crippen molar-refractivity contribution >= 4 is 11.8 Å². The van der Waals surface area contributed by atoms with Gasteiger partial charge in [0, 0.05) is 12.1 Å². The summed E-state index contributed by atoms with van der Waals surface area (Å²) in [6, 6.07) is 0.381. The van der Waals surface area contributed by atoms with Gasteiger partial charge in [0.15, 0.2) is 0 Å². The van der Waals surface area contributed by atoms with E-state index < -0.39 is 0 Å². The Morgan fingerprint density at radius 3 is 2.10 bits per heavy atom. The van der Waals surface area contributed by atoms with Crippen LogP contribution >= 0.6 is 0 Å². The second-order valence-electron chi connectivity index (χ2n) is 6.65. The molecular formula is C16H26N2O2. The Hall–Kier alpha value is -0.900. The van der Waals surface area contributed by atoms with Gasteiger partial charge in [-0.25, -0.2) is 0 Å². The summed E-state index contributed by atoms with van der Waals surface area (Å²) in [5.41, 5.74) is 0. The van der Waals surface area contributed by atoms with E-state index in [1.54, 1.807) is 4.90 Å². The van der Waals surface area contributed by atoms with Crippen LogP contribution in [0.1, 0.15) is 70.6 Å². The van der Waals surface area contributed by atoms with E-state index in [1.807, 2.05) is 0 Å². The summed E-state index contributed by atoms with van der Waals surface area (Å²) in [5.74, 6) is 0.0997. The van der Waals surface area contributed by atoms with E-state index in [0.717, 1.165) is 38.5 Å². The van der Waals surface area contributed by atoms with E-state index >= 15 is 0 Å². The first-order valence-electron chi connectivity index (χ1n) is 8.37. The minimum atomic E-state index is -0.243. The first-order chi connectivity index (χ1) is 9.75. The van der Waals surface area contributed by atoms with Crippen LogP contribution in [0.3, 0.4) is 0 Å². The quantitative estimate of drug-likeness (QED) is 0.806. The Morgan fingerprint density at radius 2 is 1.45 bits per heavy atom. The fourth-order valence-electron chi connectivity index (χ4n) is 4.06. The van der Waals surface area contributed by atoms with Crippen molar-refractivity contribution in [3.8, 4) is 0 Å². The molecule has 0 bridgehead atoms. The fourth-order valence-corrected chi connectivity index (χ4v) is 4.06. The second kappa shape index (κ2) is 6.25. The summed E-state index contributed by atoms with van der Waals surface area (Å²) in [5, 5.41) is 3.46. The van der Waals surface area contributed by atoms with Gasteiger partial charge in [0.2, 0.25) is 11.8 Å². The third-order valence-corrected chi connectivity index (χ3v) is 5.16. The number of hydrogen-bond acceptors (Lipinski definition) is 3. The lowest BCUT2D eigenvalue weighted by Crippen LogP contribution is -2.47. The molecule has 1 heterocycles. The Balaban J connectivity index is 1.60. The normalized spacial score (nSPS) is 30.2. The number of rotatable bonds is 3. The van der Waals surface area contributed by atoms with E-state index in [-0.39, 0.29) is 23.9 Å². The highest BCUT2D eigenvalue weighted by Crippen LogP contribution is 2.28. The molecule has 0 unspecified atom stereocenters.